The minimum absolute atomic E-state index is 0.0202. The Bertz CT molecular complexity index is 415. The number of aryl methyl sites for hydroxylation is 1. The van der Waals surface area contributed by atoms with Crippen LogP contribution in [0.15, 0.2) is 24.3 Å². The third kappa shape index (κ3) is 2.93. The molecule has 1 atom stereocenters. The Balaban J connectivity index is 2.96. The molecule has 84 valence electrons. The predicted octanol–water partition coefficient (Wildman–Crippen LogP) is 3.22. The molecular weight excluding hydrogens is 198 g/mol. The van der Waals surface area contributed by atoms with E-state index in [4.69, 9.17) is 5.26 Å². The van der Waals surface area contributed by atoms with Gasteiger partial charge in [0.05, 0.1) is 6.07 Å². The predicted molar refractivity (Wildman–Crippen MR) is 64.0 cm³/mol. The van der Waals surface area contributed by atoms with Gasteiger partial charge >= 0.3 is 0 Å². The smallest absolute Gasteiger partial charge is 0.154 e. The Morgan fingerprint density at radius 2 is 2.00 bits per heavy atom. The maximum Gasteiger partial charge on any atom is 0.154 e. The van der Waals surface area contributed by atoms with Crippen molar-refractivity contribution < 1.29 is 4.79 Å². The monoisotopic (exact) mass is 215 g/mol. The number of Topliss-reactive ketones (excluding diaryl/α,β-unsaturated/α-hetero) is 1. The second-order valence-electron chi connectivity index (χ2n) is 4.48. The SMILES string of the molecule is Cc1ccccc1C(C#N)C(=O)CC(C)C. The van der Waals surface area contributed by atoms with E-state index in [1.165, 1.54) is 0 Å². The molecule has 0 spiro atoms. The van der Waals surface area contributed by atoms with E-state index < -0.39 is 5.92 Å². The van der Waals surface area contributed by atoms with Crippen molar-refractivity contribution in [3.8, 4) is 6.07 Å². The van der Waals surface area contributed by atoms with Crippen molar-refractivity contribution in [1.29, 1.82) is 5.26 Å². The average molecular weight is 215 g/mol. The maximum absolute atomic E-state index is 11.9. The number of hydrogen-bond acceptors (Lipinski definition) is 2. The van der Waals surface area contributed by atoms with E-state index >= 15 is 0 Å². The summed E-state index contributed by atoms with van der Waals surface area (Å²) < 4.78 is 0. The number of benzene rings is 1. The molecule has 0 aliphatic rings. The van der Waals surface area contributed by atoms with Crippen molar-refractivity contribution in [2.45, 2.75) is 33.1 Å². The lowest BCUT2D eigenvalue weighted by atomic mass is 9.89. The van der Waals surface area contributed by atoms with Gasteiger partial charge in [0.15, 0.2) is 5.78 Å². The molecule has 0 aliphatic carbocycles. The second kappa shape index (κ2) is 5.46. The van der Waals surface area contributed by atoms with Crippen molar-refractivity contribution in [3.63, 3.8) is 0 Å². The second-order valence-corrected chi connectivity index (χ2v) is 4.48. The Labute approximate surface area is 96.9 Å². The average Bonchev–Trinajstić information content (AvgIpc) is 2.20. The van der Waals surface area contributed by atoms with E-state index in [0.29, 0.717) is 12.3 Å². The first-order valence-electron chi connectivity index (χ1n) is 5.54. The van der Waals surface area contributed by atoms with E-state index in [1.54, 1.807) is 0 Å². The van der Waals surface area contributed by atoms with Gasteiger partial charge in [0.1, 0.15) is 5.92 Å². The number of carbonyl (C=O) groups excluding carboxylic acids is 1. The molecule has 2 heteroatoms. The molecule has 0 radical (unpaired) electrons. The first kappa shape index (κ1) is 12.4. The Kier molecular flexibility index (Phi) is 4.25. The van der Waals surface area contributed by atoms with Crippen molar-refractivity contribution >= 4 is 5.78 Å². The summed E-state index contributed by atoms with van der Waals surface area (Å²) in [6.45, 7) is 5.91. The number of rotatable bonds is 4. The van der Waals surface area contributed by atoms with Crippen LogP contribution in [0.4, 0.5) is 0 Å². The summed E-state index contributed by atoms with van der Waals surface area (Å²) in [5.74, 6) is -0.289. The number of nitriles is 1. The van der Waals surface area contributed by atoms with Crippen LogP contribution in [-0.2, 0) is 4.79 Å². The zero-order valence-corrected chi connectivity index (χ0v) is 10.0. The van der Waals surface area contributed by atoms with Crippen LogP contribution in [0, 0.1) is 24.2 Å². The Morgan fingerprint density at radius 3 is 2.50 bits per heavy atom. The molecule has 0 aromatic heterocycles. The summed E-state index contributed by atoms with van der Waals surface area (Å²) in [7, 11) is 0. The van der Waals surface area contributed by atoms with Crippen molar-refractivity contribution in [2.75, 3.05) is 0 Å². The van der Waals surface area contributed by atoms with Crippen molar-refractivity contribution in [1.82, 2.24) is 0 Å². The quantitative estimate of drug-likeness (QED) is 0.773. The lowest BCUT2D eigenvalue weighted by Crippen LogP contribution is -2.14. The molecule has 1 unspecified atom stereocenters. The number of carbonyl (C=O) groups is 1. The highest BCUT2D eigenvalue weighted by Gasteiger charge is 2.21. The fourth-order valence-corrected chi connectivity index (χ4v) is 1.75. The molecule has 1 aromatic rings. The van der Waals surface area contributed by atoms with Crippen LogP contribution < -0.4 is 0 Å². The van der Waals surface area contributed by atoms with Crippen LogP contribution in [0.25, 0.3) is 0 Å². The van der Waals surface area contributed by atoms with Crippen LogP contribution in [0.1, 0.15) is 37.3 Å². The molecule has 1 aromatic carbocycles. The van der Waals surface area contributed by atoms with E-state index in [2.05, 4.69) is 6.07 Å². The summed E-state index contributed by atoms with van der Waals surface area (Å²) in [6, 6.07) is 9.70. The molecule has 0 aliphatic heterocycles. The number of ketones is 1. The van der Waals surface area contributed by atoms with Crippen molar-refractivity contribution in [2.24, 2.45) is 5.92 Å². The Hall–Kier alpha value is -1.62. The van der Waals surface area contributed by atoms with E-state index in [0.717, 1.165) is 11.1 Å². The number of nitrogens with zero attached hydrogens (tertiary/aromatic N) is 1. The highest BCUT2D eigenvalue weighted by atomic mass is 16.1. The number of hydrogen-bond donors (Lipinski definition) is 0. The van der Waals surface area contributed by atoms with Crippen LogP contribution in [0.3, 0.4) is 0 Å². The summed E-state index contributed by atoms with van der Waals surface area (Å²) in [5.41, 5.74) is 1.85. The van der Waals surface area contributed by atoms with Gasteiger partial charge in [0.25, 0.3) is 0 Å². The highest BCUT2D eigenvalue weighted by Crippen LogP contribution is 2.22. The molecule has 0 heterocycles. The molecular formula is C14H17NO. The third-order valence-corrected chi connectivity index (χ3v) is 2.56. The topological polar surface area (TPSA) is 40.9 Å². The van der Waals surface area contributed by atoms with Gasteiger partial charge in [-0.1, -0.05) is 38.1 Å². The van der Waals surface area contributed by atoms with Crippen molar-refractivity contribution in [3.05, 3.63) is 35.4 Å². The van der Waals surface area contributed by atoms with Crippen LogP contribution >= 0.6 is 0 Å². The minimum atomic E-state index is -0.608. The summed E-state index contributed by atoms with van der Waals surface area (Å²) >= 11 is 0. The van der Waals surface area contributed by atoms with Gasteiger partial charge in [-0.15, -0.1) is 0 Å². The molecule has 0 saturated carbocycles. The molecule has 0 amide bonds. The largest absolute Gasteiger partial charge is 0.298 e. The zero-order chi connectivity index (χ0) is 12.1. The van der Waals surface area contributed by atoms with E-state index in [1.807, 2.05) is 45.0 Å². The molecule has 0 saturated heterocycles. The van der Waals surface area contributed by atoms with Gasteiger partial charge in [-0.2, -0.15) is 5.26 Å². The molecule has 0 N–H and O–H groups in total. The maximum atomic E-state index is 11.9. The van der Waals surface area contributed by atoms with Gasteiger partial charge in [0, 0.05) is 6.42 Å². The van der Waals surface area contributed by atoms with E-state index in [-0.39, 0.29) is 5.78 Å². The molecule has 0 bridgehead atoms. The lowest BCUT2D eigenvalue weighted by molar-refractivity contribution is -0.120. The molecule has 16 heavy (non-hydrogen) atoms. The van der Waals surface area contributed by atoms with Crippen LogP contribution in [0.2, 0.25) is 0 Å². The first-order chi connectivity index (χ1) is 7.56. The first-order valence-corrected chi connectivity index (χ1v) is 5.54. The highest BCUT2D eigenvalue weighted by molar-refractivity contribution is 5.88. The Morgan fingerprint density at radius 1 is 1.38 bits per heavy atom. The molecule has 1 rings (SSSR count). The summed E-state index contributed by atoms with van der Waals surface area (Å²) in [5, 5.41) is 9.12. The van der Waals surface area contributed by atoms with Gasteiger partial charge in [-0.25, -0.2) is 0 Å². The van der Waals surface area contributed by atoms with Gasteiger partial charge < -0.3 is 0 Å². The molecule has 0 fully saturated rings. The van der Waals surface area contributed by atoms with Gasteiger partial charge in [0.2, 0.25) is 0 Å². The third-order valence-electron chi connectivity index (χ3n) is 2.56. The van der Waals surface area contributed by atoms with Gasteiger partial charge in [-0.05, 0) is 24.0 Å². The fourth-order valence-electron chi connectivity index (χ4n) is 1.75. The normalized spacial score (nSPS) is 12.2. The summed E-state index contributed by atoms with van der Waals surface area (Å²) in [4.78, 5) is 11.9. The standard InChI is InChI=1S/C14H17NO/c1-10(2)8-14(16)13(9-15)12-7-5-4-6-11(12)3/h4-7,10,13H,8H2,1-3H3. The minimum Gasteiger partial charge on any atom is -0.298 e. The van der Waals surface area contributed by atoms with Gasteiger partial charge in [-0.3, -0.25) is 4.79 Å². The van der Waals surface area contributed by atoms with Crippen LogP contribution in [-0.4, -0.2) is 5.78 Å². The zero-order valence-electron chi connectivity index (χ0n) is 10.0. The van der Waals surface area contributed by atoms with E-state index in [9.17, 15) is 4.79 Å². The summed E-state index contributed by atoms with van der Waals surface area (Å²) in [6.07, 6.45) is 0.465. The van der Waals surface area contributed by atoms with Crippen LogP contribution in [0.5, 0.6) is 0 Å². The fraction of sp³-hybridized carbons (Fsp3) is 0.429. The molecule has 2 nitrogen and oxygen atoms in total. The lowest BCUT2D eigenvalue weighted by Gasteiger charge is -2.12.